The molecule has 5 rings (SSSR count). The van der Waals surface area contributed by atoms with Crippen LogP contribution in [0.25, 0.3) is 0 Å². The standard InChI is InChI=1S/C43H51Cl2N3O7S3/c1-2-3-4-5-6-7-8-9-10-11-12-13-14-15-36(50)46-48-38(43(54)55)30(28-57-41(48)39(40(48)51)58-35-26-31(44)18-21-34(35)45)27-56-33-22-24-47(25-23-33)37(42(52)53)29-16-19-32(49)20-17-29/h16-26,37,39,41H,2-15,27-28H2,1H3,(H2-2,46,49,50,52,53,54,55)/p+2/t37?,39-,41+,48-/m0/s1. The molecule has 3 heterocycles. The third-order valence-electron chi connectivity index (χ3n) is 10.5. The largest absolute Gasteiger partial charge is 0.508 e. The summed E-state index contributed by atoms with van der Waals surface area (Å²) in [6.07, 6.45) is 18.7. The van der Waals surface area contributed by atoms with Gasteiger partial charge < -0.3 is 15.3 Å². The van der Waals surface area contributed by atoms with Crippen LogP contribution in [0.15, 0.2) is 88.1 Å². The minimum absolute atomic E-state index is 0.0324. The number of β-lactam (4-membered cyclic amide) rings is 1. The lowest BCUT2D eigenvalue weighted by molar-refractivity contribution is -0.884. The smallest absolute Gasteiger partial charge is 0.393 e. The predicted molar refractivity (Wildman–Crippen MR) is 232 cm³/mol. The van der Waals surface area contributed by atoms with E-state index in [0.717, 1.165) is 24.2 Å². The van der Waals surface area contributed by atoms with E-state index in [2.05, 4.69) is 12.3 Å². The molecule has 58 heavy (non-hydrogen) atoms. The molecule has 10 nitrogen and oxygen atoms in total. The minimum Gasteiger partial charge on any atom is -0.508 e. The first-order chi connectivity index (χ1) is 28.0. The lowest BCUT2D eigenvalue weighted by Crippen LogP contribution is -2.82. The summed E-state index contributed by atoms with van der Waals surface area (Å²) < 4.78 is 0.766. The van der Waals surface area contributed by atoms with Crippen LogP contribution in [0.1, 0.15) is 108 Å². The number of hydrogen-bond acceptors (Lipinski definition) is 8. The first kappa shape index (κ1) is 45.9. The highest BCUT2D eigenvalue weighted by Gasteiger charge is 2.72. The van der Waals surface area contributed by atoms with Crippen molar-refractivity contribution in [2.75, 3.05) is 11.5 Å². The molecule has 2 aliphatic heterocycles. The molecule has 312 valence electrons. The Hall–Kier alpha value is -3.20. The summed E-state index contributed by atoms with van der Waals surface area (Å²) in [6, 6.07) is 13.4. The van der Waals surface area contributed by atoms with Crippen molar-refractivity contribution in [1.82, 2.24) is 5.43 Å². The predicted octanol–water partition coefficient (Wildman–Crippen LogP) is 10.2. The quantitative estimate of drug-likeness (QED) is 0.0226. The number of amides is 2. The summed E-state index contributed by atoms with van der Waals surface area (Å²) >= 11 is 16.7. The van der Waals surface area contributed by atoms with E-state index in [1.165, 1.54) is 110 Å². The Morgan fingerprint density at radius 2 is 1.48 bits per heavy atom. The Kier molecular flexibility index (Phi) is 17.7. The molecule has 2 aromatic carbocycles. The van der Waals surface area contributed by atoms with Gasteiger partial charge in [-0.1, -0.05) is 131 Å². The van der Waals surface area contributed by atoms with Gasteiger partial charge in [-0.25, -0.2) is 14.4 Å². The third kappa shape index (κ3) is 11.8. The molecule has 0 aliphatic carbocycles. The van der Waals surface area contributed by atoms with Crippen LogP contribution in [-0.4, -0.2) is 65.8 Å². The zero-order chi connectivity index (χ0) is 41.7. The second-order valence-corrected chi connectivity index (χ2v) is 18.9. The van der Waals surface area contributed by atoms with Gasteiger partial charge in [-0.2, -0.15) is 9.99 Å². The zero-order valence-corrected chi connectivity index (χ0v) is 36.7. The number of carbonyl (C=O) groups is 4. The number of phenols is 1. The van der Waals surface area contributed by atoms with E-state index in [0.29, 0.717) is 38.3 Å². The monoisotopic (exact) mass is 889 g/mol. The van der Waals surface area contributed by atoms with Gasteiger partial charge in [-0.15, -0.1) is 16.4 Å². The van der Waals surface area contributed by atoms with Crippen LogP contribution in [0.4, 0.5) is 0 Å². The molecular weight excluding hydrogens is 838 g/mol. The summed E-state index contributed by atoms with van der Waals surface area (Å²) in [4.78, 5) is 54.7. The maximum Gasteiger partial charge on any atom is 0.393 e. The van der Waals surface area contributed by atoms with E-state index in [-0.39, 0.29) is 29.5 Å². The first-order valence-corrected chi connectivity index (χ1v) is 23.7. The van der Waals surface area contributed by atoms with Crippen molar-refractivity contribution >= 4 is 82.2 Å². The highest BCUT2D eigenvalue weighted by atomic mass is 35.5. The van der Waals surface area contributed by atoms with Crippen molar-refractivity contribution in [2.45, 2.75) is 123 Å². The van der Waals surface area contributed by atoms with E-state index < -0.39 is 39.1 Å². The molecule has 0 saturated carbocycles. The molecule has 3 aromatic rings. The second kappa shape index (κ2) is 22.4. The number of carbonyl (C=O) groups excluding carboxylic acids is 2. The number of pyridine rings is 1. The van der Waals surface area contributed by atoms with Gasteiger partial charge in [0.15, 0.2) is 23.0 Å². The number of aromatic nitrogens is 1. The lowest BCUT2D eigenvalue weighted by atomic mass is 10.0. The Morgan fingerprint density at radius 3 is 2.07 bits per heavy atom. The molecule has 2 amide bonds. The number of aliphatic carboxylic acids is 2. The molecule has 1 unspecified atom stereocenters. The lowest BCUT2D eigenvalue weighted by Gasteiger charge is -2.53. The van der Waals surface area contributed by atoms with Gasteiger partial charge >= 0.3 is 17.8 Å². The van der Waals surface area contributed by atoms with Crippen LogP contribution < -0.4 is 9.99 Å². The molecule has 0 radical (unpaired) electrons. The van der Waals surface area contributed by atoms with Gasteiger partial charge in [0, 0.05) is 56.0 Å². The summed E-state index contributed by atoms with van der Waals surface area (Å²) in [7, 11) is 0. The number of quaternary nitrogens is 1. The Balaban J connectivity index is 1.26. The van der Waals surface area contributed by atoms with Crippen molar-refractivity contribution in [3.63, 3.8) is 0 Å². The summed E-state index contributed by atoms with van der Waals surface area (Å²) in [5.41, 5.74) is 3.77. The van der Waals surface area contributed by atoms with Gasteiger partial charge in [0.05, 0.1) is 5.02 Å². The van der Waals surface area contributed by atoms with E-state index >= 15 is 0 Å². The Morgan fingerprint density at radius 1 is 0.879 bits per heavy atom. The fourth-order valence-electron chi connectivity index (χ4n) is 7.43. The molecule has 1 aromatic heterocycles. The molecule has 0 bridgehead atoms. The highest BCUT2D eigenvalue weighted by molar-refractivity contribution is 8.04. The molecule has 4 N–H and O–H groups in total. The van der Waals surface area contributed by atoms with Gasteiger partial charge in [-0.3, -0.25) is 4.79 Å². The van der Waals surface area contributed by atoms with Crippen molar-refractivity contribution in [1.29, 1.82) is 0 Å². The van der Waals surface area contributed by atoms with Crippen molar-refractivity contribution in [3.05, 3.63) is 93.9 Å². The second-order valence-electron chi connectivity index (χ2n) is 14.8. The average molecular weight is 891 g/mol. The van der Waals surface area contributed by atoms with Gasteiger partial charge in [0.2, 0.25) is 0 Å². The van der Waals surface area contributed by atoms with Crippen LogP contribution in [0.5, 0.6) is 5.75 Å². The maximum absolute atomic E-state index is 14.3. The molecule has 2 aliphatic rings. The summed E-state index contributed by atoms with van der Waals surface area (Å²) in [5.74, 6) is -2.56. The highest BCUT2D eigenvalue weighted by Crippen LogP contribution is 2.53. The minimum atomic E-state index is -1.27. The van der Waals surface area contributed by atoms with E-state index in [4.69, 9.17) is 23.2 Å². The number of benzene rings is 2. The molecule has 1 saturated heterocycles. The number of carboxylic acids is 2. The fourth-order valence-corrected chi connectivity index (χ4v) is 11.9. The molecule has 15 heteroatoms. The summed E-state index contributed by atoms with van der Waals surface area (Å²) in [5, 5.41) is 30.0. The fraction of sp³-hybridized carbons (Fsp3) is 0.465. The van der Waals surface area contributed by atoms with E-state index in [1.54, 1.807) is 54.9 Å². The number of unbranched alkanes of at least 4 members (excludes halogenated alkanes) is 12. The number of nitrogens with zero attached hydrogens (tertiary/aromatic N) is 2. The van der Waals surface area contributed by atoms with Crippen LogP contribution >= 0.6 is 58.5 Å². The van der Waals surface area contributed by atoms with Crippen LogP contribution in [0, 0.1) is 0 Å². The normalized spacial score (nSPS) is 19.3. The first-order valence-electron chi connectivity index (χ1n) is 20.0. The number of nitrogens with one attached hydrogen (secondary N) is 1. The number of thioether (sulfide) groups is 3. The molecule has 1 fully saturated rings. The van der Waals surface area contributed by atoms with Crippen LogP contribution in [0.2, 0.25) is 10.0 Å². The van der Waals surface area contributed by atoms with Crippen molar-refractivity contribution < 1.29 is 43.7 Å². The number of rotatable bonds is 24. The third-order valence-corrected chi connectivity index (χ3v) is 15.2. The molecule has 0 spiro atoms. The van der Waals surface area contributed by atoms with Crippen LogP contribution in [-0.2, 0) is 19.2 Å². The molecule has 4 atom stereocenters. The average Bonchev–Trinajstić information content (AvgIpc) is 3.20. The van der Waals surface area contributed by atoms with E-state index in [9.17, 15) is 34.5 Å². The van der Waals surface area contributed by atoms with Gasteiger partial charge in [0.25, 0.3) is 17.6 Å². The number of aromatic hydroxyl groups is 1. The van der Waals surface area contributed by atoms with Crippen molar-refractivity contribution in [2.24, 2.45) is 0 Å². The Bertz CT molecular complexity index is 1930. The zero-order valence-electron chi connectivity index (χ0n) is 32.7. The number of halogens is 2. The summed E-state index contributed by atoms with van der Waals surface area (Å²) in [6.45, 7) is 2.23. The Labute approximate surface area is 363 Å². The number of hydrogen-bond donors (Lipinski definition) is 4. The van der Waals surface area contributed by atoms with Gasteiger partial charge in [-0.05, 0) is 48.9 Å². The van der Waals surface area contributed by atoms with Gasteiger partial charge in [0.1, 0.15) is 5.75 Å². The SMILES string of the molecule is CCCCCCCCCCCCCCCC(=O)N[N@@+]12C(=O)[C@H](Sc3cc(Cl)ccc3Cl)[C@H]1SCC(CSc1cc[n+](C(C(=O)O)c3ccc(O)cc3)cc1)=C2C(=O)O. The van der Waals surface area contributed by atoms with Crippen LogP contribution in [0.3, 0.4) is 0 Å². The topological polar surface area (TPSA) is 145 Å². The number of fused-ring (bicyclic) bond motifs is 1. The van der Waals surface area contributed by atoms with Crippen molar-refractivity contribution in [3.8, 4) is 5.75 Å². The maximum atomic E-state index is 14.3. The molecular formula is C43H53Cl2N3O7S3+2. The number of phenolic OH excluding ortho intramolecular Hbond substituents is 1. The van der Waals surface area contributed by atoms with E-state index in [1.807, 2.05) is 0 Å². The number of carboxylic acid groups (broad SMARTS) is 2.